The number of benzene rings is 1. The molecule has 0 aliphatic carbocycles. The summed E-state index contributed by atoms with van der Waals surface area (Å²) in [4.78, 5) is 14.0. The van der Waals surface area contributed by atoms with E-state index in [0.29, 0.717) is 24.5 Å². The van der Waals surface area contributed by atoms with Crippen molar-refractivity contribution in [2.45, 2.75) is 24.1 Å². The lowest BCUT2D eigenvalue weighted by atomic mass is 9.93. The van der Waals surface area contributed by atoms with Crippen LogP contribution in [0.3, 0.4) is 0 Å². The van der Waals surface area contributed by atoms with Crippen molar-refractivity contribution < 1.29 is 14.3 Å². The molecule has 4 nitrogen and oxygen atoms in total. The molecule has 23 heavy (non-hydrogen) atoms. The monoisotopic (exact) mass is 377 g/mol. The van der Waals surface area contributed by atoms with E-state index in [1.807, 2.05) is 26.0 Å². The summed E-state index contributed by atoms with van der Waals surface area (Å²) in [6.07, 6.45) is 0.638. The molecule has 7 heteroatoms. The predicted octanol–water partition coefficient (Wildman–Crippen LogP) is 4.21. The molecule has 0 unspecified atom stereocenters. The normalized spacial score (nSPS) is 14.4. The maximum atomic E-state index is 12.5. The van der Waals surface area contributed by atoms with Gasteiger partial charge in [0.15, 0.2) is 11.5 Å². The van der Waals surface area contributed by atoms with E-state index in [1.165, 1.54) is 4.90 Å². The van der Waals surface area contributed by atoms with Gasteiger partial charge in [0.2, 0.25) is 0 Å². The third kappa shape index (κ3) is 3.54. The van der Waals surface area contributed by atoms with Crippen molar-refractivity contribution in [2.75, 3.05) is 20.8 Å². The van der Waals surface area contributed by atoms with Gasteiger partial charge in [0.1, 0.15) is 0 Å². The maximum Gasteiger partial charge on any atom is 0.279 e. The number of nitrogens with zero attached hydrogens (tertiary/aromatic N) is 1. The third-order valence-electron chi connectivity index (χ3n) is 3.70. The van der Waals surface area contributed by atoms with Crippen molar-refractivity contribution >= 4 is 46.4 Å². The van der Waals surface area contributed by atoms with Crippen molar-refractivity contribution in [3.05, 3.63) is 28.8 Å². The van der Waals surface area contributed by atoms with E-state index in [9.17, 15) is 4.79 Å². The van der Waals surface area contributed by atoms with Gasteiger partial charge in [-0.15, -0.1) is 0 Å². The maximum absolute atomic E-state index is 12.5. The molecule has 126 valence electrons. The van der Waals surface area contributed by atoms with Crippen LogP contribution in [0.4, 0.5) is 0 Å². The minimum Gasteiger partial charge on any atom is -0.493 e. The van der Waals surface area contributed by atoms with Gasteiger partial charge in [0.05, 0.1) is 19.9 Å². The lowest BCUT2D eigenvalue weighted by Crippen LogP contribution is -2.42. The Bertz CT molecular complexity index is 661. The Kier molecular flexibility index (Phi) is 5.39. The predicted molar refractivity (Wildman–Crippen MR) is 93.5 cm³/mol. The van der Waals surface area contributed by atoms with Crippen molar-refractivity contribution in [2.24, 2.45) is 0 Å². The highest BCUT2D eigenvalue weighted by Gasteiger charge is 2.39. The smallest absolute Gasteiger partial charge is 0.279 e. The van der Waals surface area contributed by atoms with Crippen molar-refractivity contribution in [1.82, 2.24) is 4.90 Å². The first-order chi connectivity index (χ1) is 10.7. The van der Waals surface area contributed by atoms with E-state index >= 15 is 0 Å². The highest BCUT2D eigenvalue weighted by molar-refractivity contribution is 6.76. The number of hydrogen-bond donors (Lipinski definition) is 0. The van der Waals surface area contributed by atoms with Gasteiger partial charge < -0.3 is 14.4 Å². The lowest BCUT2D eigenvalue weighted by Gasteiger charge is -2.35. The van der Waals surface area contributed by atoms with Gasteiger partial charge in [-0.05, 0) is 38.0 Å². The molecule has 0 spiro atoms. The molecule has 1 amide bonds. The van der Waals surface area contributed by atoms with Crippen LogP contribution in [0.5, 0.6) is 11.5 Å². The summed E-state index contributed by atoms with van der Waals surface area (Å²) in [6.45, 7) is 4.27. The zero-order valence-corrected chi connectivity index (χ0v) is 15.6. The molecule has 1 aromatic carbocycles. The van der Waals surface area contributed by atoms with E-state index in [1.54, 1.807) is 14.2 Å². The van der Waals surface area contributed by atoms with Crippen LogP contribution in [0.2, 0.25) is 0 Å². The fourth-order valence-electron chi connectivity index (χ4n) is 2.73. The van der Waals surface area contributed by atoms with E-state index in [-0.39, 0.29) is 0 Å². The molecule has 0 bridgehead atoms. The molecule has 1 aliphatic heterocycles. The number of hydrogen-bond acceptors (Lipinski definition) is 3. The Morgan fingerprint density at radius 3 is 2.17 bits per heavy atom. The number of amides is 1. The summed E-state index contributed by atoms with van der Waals surface area (Å²) in [5.41, 5.74) is 3.63. The number of fused-ring (bicyclic) bond motifs is 1. The quantitative estimate of drug-likeness (QED) is 0.724. The number of allylic oxidation sites excluding steroid dienone is 1. The Balaban J connectivity index is 2.60. The molecule has 0 atom stereocenters. The Morgan fingerprint density at radius 2 is 1.70 bits per heavy atom. The minimum absolute atomic E-state index is 0.440. The molecule has 0 saturated carbocycles. The molecule has 0 saturated heterocycles. The number of alkyl halides is 3. The highest BCUT2D eigenvalue weighted by Crippen LogP contribution is 2.41. The molecule has 1 aliphatic rings. The number of carbonyl (C=O) groups excluding carboxylic acids is 1. The summed E-state index contributed by atoms with van der Waals surface area (Å²) in [5.74, 6) is 0.688. The molecule has 0 N–H and O–H groups in total. The van der Waals surface area contributed by atoms with Crippen LogP contribution in [0.1, 0.15) is 25.0 Å². The Labute approximate surface area is 150 Å². The number of halogens is 3. The molecule has 0 aromatic heterocycles. The van der Waals surface area contributed by atoms with E-state index in [2.05, 4.69) is 0 Å². The van der Waals surface area contributed by atoms with Crippen LogP contribution in [0.25, 0.3) is 5.70 Å². The van der Waals surface area contributed by atoms with Gasteiger partial charge in [-0.2, -0.15) is 0 Å². The molecule has 2 rings (SSSR count). The standard InChI is InChI=1S/C16H18Cl3NO3/c1-9(2)14-11-8-13(23-4)12(22-3)7-10(11)5-6-20(14)15(21)16(17,18)19/h7-8H,5-6H2,1-4H3. The molecule has 1 heterocycles. The van der Waals surface area contributed by atoms with Gasteiger partial charge >= 0.3 is 0 Å². The second-order valence-corrected chi connectivity index (χ2v) is 7.70. The summed E-state index contributed by atoms with van der Waals surface area (Å²) in [5, 5.41) is 0. The van der Waals surface area contributed by atoms with Crippen LogP contribution >= 0.6 is 34.8 Å². The van der Waals surface area contributed by atoms with E-state index < -0.39 is 9.70 Å². The van der Waals surface area contributed by atoms with Crippen molar-refractivity contribution in [3.8, 4) is 11.5 Å². The molecule has 0 fully saturated rings. The molecule has 0 radical (unpaired) electrons. The molecule has 1 aromatic rings. The first kappa shape index (κ1) is 18.2. The zero-order chi connectivity index (χ0) is 17.4. The topological polar surface area (TPSA) is 38.8 Å². The number of rotatable bonds is 2. The molecular formula is C16H18Cl3NO3. The fraction of sp³-hybridized carbons (Fsp3) is 0.438. The minimum atomic E-state index is -1.99. The summed E-state index contributed by atoms with van der Waals surface area (Å²) in [7, 11) is 3.16. The summed E-state index contributed by atoms with van der Waals surface area (Å²) < 4.78 is 8.71. The first-order valence-corrected chi connectivity index (χ1v) is 8.15. The van der Waals surface area contributed by atoms with Crippen LogP contribution in [-0.2, 0) is 11.2 Å². The summed E-state index contributed by atoms with van der Waals surface area (Å²) >= 11 is 17.4. The van der Waals surface area contributed by atoms with Gasteiger partial charge in [-0.3, -0.25) is 4.79 Å². The fourth-order valence-corrected chi connectivity index (χ4v) is 3.04. The molecular weight excluding hydrogens is 361 g/mol. The lowest BCUT2D eigenvalue weighted by molar-refractivity contribution is -0.127. The van der Waals surface area contributed by atoms with E-state index in [4.69, 9.17) is 44.3 Å². The van der Waals surface area contributed by atoms with Crippen LogP contribution in [-0.4, -0.2) is 35.4 Å². The Hall–Kier alpha value is -1.10. The van der Waals surface area contributed by atoms with E-state index in [0.717, 1.165) is 22.4 Å². The Morgan fingerprint density at radius 1 is 1.13 bits per heavy atom. The van der Waals surface area contributed by atoms with Gasteiger partial charge in [0, 0.05) is 12.1 Å². The number of ether oxygens (including phenoxy) is 2. The second-order valence-electron chi connectivity index (χ2n) is 5.42. The van der Waals surface area contributed by atoms with Crippen molar-refractivity contribution in [3.63, 3.8) is 0 Å². The van der Waals surface area contributed by atoms with Crippen LogP contribution < -0.4 is 9.47 Å². The zero-order valence-electron chi connectivity index (χ0n) is 13.4. The largest absolute Gasteiger partial charge is 0.493 e. The van der Waals surface area contributed by atoms with Crippen LogP contribution in [0, 0.1) is 0 Å². The SMILES string of the molecule is COc1cc2c(cc1OC)C(=C(C)C)N(C(=O)C(Cl)(Cl)Cl)CC2. The highest BCUT2D eigenvalue weighted by atomic mass is 35.6. The number of carbonyl (C=O) groups is 1. The van der Waals surface area contributed by atoms with Crippen LogP contribution in [0.15, 0.2) is 17.7 Å². The van der Waals surface area contributed by atoms with Gasteiger partial charge in [0.25, 0.3) is 9.70 Å². The van der Waals surface area contributed by atoms with Gasteiger partial charge in [-0.25, -0.2) is 0 Å². The first-order valence-electron chi connectivity index (χ1n) is 7.02. The average molecular weight is 379 g/mol. The summed E-state index contributed by atoms with van der Waals surface area (Å²) in [6, 6.07) is 3.78. The average Bonchev–Trinajstić information content (AvgIpc) is 2.50. The number of methoxy groups -OCH3 is 2. The van der Waals surface area contributed by atoms with Crippen molar-refractivity contribution in [1.29, 1.82) is 0 Å². The second kappa shape index (κ2) is 6.80. The third-order valence-corrected chi connectivity index (χ3v) is 4.19. The van der Waals surface area contributed by atoms with Gasteiger partial charge in [-0.1, -0.05) is 40.4 Å².